The highest BCUT2D eigenvalue weighted by molar-refractivity contribution is 7.51. The first kappa shape index (κ1) is 25.4. The highest BCUT2D eigenvalue weighted by Crippen LogP contribution is 2.54. The van der Waals surface area contributed by atoms with Gasteiger partial charge in [0.1, 0.15) is 0 Å². The van der Waals surface area contributed by atoms with Gasteiger partial charge in [0.15, 0.2) is 0 Å². The van der Waals surface area contributed by atoms with Gasteiger partial charge in [0.05, 0.1) is 18.6 Å². The number of carbonyl (C=O) groups is 1. The first-order chi connectivity index (χ1) is 15.5. The van der Waals surface area contributed by atoms with E-state index in [1.54, 1.807) is 11.8 Å². The summed E-state index contributed by atoms with van der Waals surface area (Å²) in [4.78, 5) is 14.8. The molecule has 1 aromatic carbocycles. The van der Waals surface area contributed by atoms with Gasteiger partial charge in [-0.3, -0.25) is 13.8 Å². The predicted octanol–water partition coefficient (Wildman–Crippen LogP) is 4.73. The molecule has 1 aliphatic carbocycles. The Morgan fingerprint density at radius 2 is 1.68 bits per heavy atom. The van der Waals surface area contributed by atoms with Crippen molar-refractivity contribution in [3.63, 3.8) is 0 Å². The first-order valence-corrected chi connectivity index (χ1v) is 12.1. The minimum atomic E-state index is -6.18. The Morgan fingerprint density at radius 3 is 2.24 bits per heavy atom. The lowest BCUT2D eigenvalue weighted by Crippen LogP contribution is -2.52. The maximum absolute atomic E-state index is 14.5. The summed E-state index contributed by atoms with van der Waals surface area (Å²) in [6.45, 7) is 1.42. The lowest BCUT2D eigenvalue weighted by molar-refractivity contribution is -0.348. The third-order valence-electron chi connectivity index (χ3n) is 6.88. The number of aryl methyl sites for hydroxylation is 1. The van der Waals surface area contributed by atoms with Crippen molar-refractivity contribution >= 4 is 13.7 Å². The molecule has 2 atom stereocenters. The van der Waals surface area contributed by atoms with E-state index in [0.717, 1.165) is 6.07 Å². The Balaban J connectivity index is 1.60. The average molecular weight is 518 g/mol. The number of fused-ring (bicyclic) bond motifs is 3. The molecule has 0 spiro atoms. The molecule has 4 rings (SSSR count). The normalized spacial score (nSPS) is 32.3. The number of rotatable bonds is 2. The highest BCUT2D eigenvalue weighted by Gasteiger charge is 2.73. The van der Waals surface area contributed by atoms with Gasteiger partial charge in [-0.2, -0.15) is 26.3 Å². The van der Waals surface area contributed by atoms with Gasteiger partial charge in [-0.15, -0.1) is 0 Å². The second kappa shape index (κ2) is 7.91. The van der Waals surface area contributed by atoms with Crippen LogP contribution in [0, 0.1) is 5.41 Å². The molecule has 2 fully saturated rings. The molecule has 2 aliphatic heterocycles. The van der Waals surface area contributed by atoms with Crippen LogP contribution < -0.4 is 5.50 Å². The number of nitrogens with two attached hydrogens (primary N) is 1. The monoisotopic (exact) mass is 518 g/mol. The zero-order valence-electron chi connectivity index (χ0n) is 17.9. The van der Waals surface area contributed by atoms with E-state index in [-0.39, 0.29) is 49.5 Å². The minimum absolute atomic E-state index is 0.0711. The van der Waals surface area contributed by atoms with Gasteiger partial charge >= 0.3 is 25.8 Å². The molecule has 0 radical (unpaired) electrons. The van der Waals surface area contributed by atoms with Crippen molar-refractivity contribution in [2.24, 2.45) is 10.9 Å². The van der Waals surface area contributed by atoms with Crippen LogP contribution >= 0.6 is 7.75 Å². The number of hydrogen-bond donors (Lipinski definition) is 1. The largest absolute Gasteiger partial charge is 0.435 e. The molecule has 0 bridgehead atoms. The molecule has 2 N–H and O–H groups in total. The number of nitrogens with zero attached hydrogens (tertiary/aromatic N) is 1. The van der Waals surface area contributed by atoms with E-state index in [2.05, 4.69) is 0 Å². The van der Waals surface area contributed by atoms with E-state index in [0.29, 0.717) is 30.7 Å². The van der Waals surface area contributed by atoms with Crippen LogP contribution in [0.2, 0.25) is 0 Å². The lowest BCUT2D eigenvalue weighted by atomic mass is 9.77. The van der Waals surface area contributed by atoms with Crippen molar-refractivity contribution in [2.45, 2.75) is 56.2 Å². The van der Waals surface area contributed by atoms with E-state index in [9.17, 15) is 40.1 Å². The topological polar surface area (TPSA) is 81.9 Å². The van der Waals surface area contributed by atoms with Crippen LogP contribution in [0.4, 0.5) is 30.7 Å². The third-order valence-corrected chi connectivity index (χ3v) is 7.86. The maximum atomic E-state index is 14.5. The van der Waals surface area contributed by atoms with Crippen LogP contribution in [0.25, 0.3) is 0 Å². The first-order valence-electron chi connectivity index (χ1n) is 10.4. The molecule has 0 aromatic heterocycles. The number of likely N-dealkylation sites (tertiary alicyclic amines) is 1. The molecule has 2 unspecified atom stereocenters. The number of carbonyl (C=O) groups excluding carboxylic acids is 1. The van der Waals surface area contributed by atoms with E-state index in [1.807, 2.05) is 0 Å². The fourth-order valence-corrected chi connectivity index (χ4v) is 6.03. The fourth-order valence-electron chi connectivity index (χ4n) is 5.03. The molecule has 190 valence electrons. The molecular formula is C20H22F7N2O4P. The summed E-state index contributed by atoms with van der Waals surface area (Å²) < 4.78 is 115. The summed E-state index contributed by atoms with van der Waals surface area (Å²) in [7, 11) is -3.71. The molecule has 34 heavy (non-hydrogen) atoms. The Kier molecular flexibility index (Phi) is 5.91. The van der Waals surface area contributed by atoms with Crippen molar-refractivity contribution < 1.29 is 49.1 Å². The van der Waals surface area contributed by atoms with Gasteiger partial charge in [0, 0.05) is 24.1 Å². The summed E-state index contributed by atoms with van der Waals surface area (Å²) in [6, 6.07) is 1.91. The molecule has 6 nitrogen and oxygen atoms in total. The van der Waals surface area contributed by atoms with Crippen LogP contribution in [-0.2, 0) is 30.5 Å². The Hall–Kier alpha value is -1.69. The Morgan fingerprint density at radius 1 is 1.09 bits per heavy atom. The van der Waals surface area contributed by atoms with Crippen molar-refractivity contribution in [1.29, 1.82) is 0 Å². The van der Waals surface area contributed by atoms with Crippen LogP contribution in [0.5, 0.6) is 0 Å². The SMILES string of the molecule is CC1(C(=O)N2CCC3c4ccc(C(F)(C(F)(F)F)C(F)(F)F)cc4CCC32)COP(N)(=O)OC1. The van der Waals surface area contributed by atoms with E-state index in [1.165, 1.54) is 0 Å². The number of benzene rings is 1. The van der Waals surface area contributed by atoms with E-state index >= 15 is 0 Å². The van der Waals surface area contributed by atoms with Crippen LogP contribution in [0.15, 0.2) is 18.2 Å². The highest BCUT2D eigenvalue weighted by atomic mass is 31.2. The molecule has 1 amide bonds. The Labute approximate surface area is 190 Å². The molecule has 2 heterocycles. The number of hydrogen-bond acceptors (Lipinski definition) is 4. The van der Waals surface area contributed by atoms with Crippen LogP contribution in [0.1, 0.15) is 42.4 Å². The van der Waals surface area contributed by atoms with Crippen molar-refractivity contribution in [3.05, 3.63) is 34.9 Å². The molecule has 3 aliphatic rings. The molecule has 14 heteroatoms. The smallest absolute Gasteiger partial charge is 0.338 e. The van der Waals surface area contributed by atoms with Gasteiger partial charge < -0.3 is 4.90 Å². The third kappa shape index (κ3) is 3.94. The second-order valence-corrected chi connectivity index (χ2v) is 10.8. The molecular weight excluding hydrogens is 496 g/mol. The van der Waals surface area contributed by atoms with E-state index in [4.69, 9.17) is 14.6 Å². The van der Waals surface area contributed by atoms with Gasteiger partial charge in [-0.25, -0.2) is 14.5 Å². The van der Waals surface area contributed by atoms with Gasteiger partial charge in [0.2, 0.25) is 5.91 Å². The minimum Gasteiger partial charge on any atom is -0.338 e. The summed E-state index contributed by atoms with van der Waals surface area (Å²) in [5.74, 6) is -0.668. The second-order valence-electron chi connectivity index (χ2n) is 9.21. The fraction of sp³-hybridized carbons (Fsp3) is 0.650. The van der Waals surface area contributed by atoms with Crippen molar-refractivity contribution in [2.75, 3.05) is 19.8 Å². The zero-order chi connectivity index (χ0) is 25.3. The average Bonchev–Trinajstić information content (AvgIpc) is 3.17. The summed E-state index contributed by atoms with van der Waals surface area (Å²) in [5.41, 5.74) is -2.13. The predicted molar refractivity (Wildman–Crippen MR) is 104 cm³/mol. The number of halogens is 7. The molecule has 2 saturated heterocycles. The zero-order valence-corrected chi connectivity index (χ0v) is 18.8. The Bertz CT molecular complexity index is 1020. The van der Waals surface area contributed by atoms with Crippen LogP contribution in [0.3, 0.4) is 0 Å². The van der Waals surface area contributed by atoms with E-state index < -0.39 is 36.7 Å². The van der Waals surface area contributed by atoms with Crippen LogP contribution in [-0.4, -0.2) is 49.0 Å². The van der Waals surface area contributed by atoms with Gasteiger partial charge in [0.25, 0.3) is 0 Å². The summed E-state index contributed by atoms with van der Waals surface area (Å²) in [6.07, 6.45) is -11.6. The quantitative estimate of drug-likeness (QED) is 0.453. The van der Waals surface area contributed by atoms with Gasteiger partial charge in [-0.05, 0) is 37.3 Å². The standard InChI is InChI=1S/C20H22F7N2O4P/c1-17(9-32-34(28,31)33-10-17)16(30)29-7-6-14-13-4-3-12(8-11(13)2-5-15(14)29)18(21,19(22,23)24)20(25,26)27/h3-4,8,14-15H,2,5-7,9-10H2,1H3,(H2,28,31). The van der Waals surface area contributed by atoms with Crippen molar-refractivity contribution in [3.8, 4) is 0 Å². The lowest BCUT2D eigenvalue weighted by Gasteiger charge is -2.40. The summed E-state index contributed by atoms with van der Waals surface area (Å²) in [5, 5.41) is 0. The summed E-state index contributed by atoms with van der Waals surface area (Å²) >= 11 is 0. The maximum Gasteiger partial charge on any atom is 0.435 e. The number of amides is 1. The molecule has 1 aromatic rings. The van der Waals surface area contributed by atoms with Crippen molar-refractivity contribution in [1.82, 2.24) is 4.90 Å². The van der Waals surface area contributed by atoms with Gasteiger partial charge in [-0.1, -0.05) is 18.2 Å². The molecule has 0 saturated carbocycles. The number of alkyl halides is 7.